The van der Waals surface area contributed by atoms with Crippen LogP contribution in [0.4, 0.5) is 10.1 Å². The molecule has 0 atom stereocenters. The molecule has 0 saturated heterocycles. The Morgan fingerprint density at radius 3 is 2.74 bits per heavy atom. The van der Waals surface area contributed by atoms with Gasteiger partial charge in [0.1, 0.15) is 5.75 Å². The summed E-state index contributed by atoms with van der Waals surface area (Å²) < 4.78 is 18.9. The number of pyridine rings is 1. The molecule has 31 heavy (non-hydrogen) atoms. The summed E-state index contributed by atoms with van der Waals surface area (Å²) in [6.45, 7) is 1.04. The zero-order chi connectivity index (χ0) is 21.8. The van der Waals surface area contributed by atoms with Gasteiger partial charge in [-0.2, -0.15) is 0 Å². The first-order valence-corrected chi connectivity index (χ1v) is 10.2. The van der Waals surface area contributed by atoms with Crippen LogP contribution in [-0.4, -0.2) is 29.7 Å². The second-order valence-corrected chi connectivity index (χ2v) is 7.67. The molecule has 0 radical (unpaired) electrons. The van der Waals surface area contributed by atoms with Crippen LogP contribution in [0.5, 0.6) is 11.5 Å². The van der Waals surface area contributed by atoms with Gasteiger partial charge in [0, 0.05) is 36.1 Å². The number of aromatic nitrogens is 1. The van der Waals surface area contributed by atoms with Crippen molar-refractivity contribution in [2.75, 3.05) is 19.0 Å². The van der Waals surface area contributed by atoms with E-state index in [0.29, 0.717) is 35.7 Å². The smallest absolute Gasteiger partial charge is 0.251 e. The van der Waals surface area contributed by atoms with Gasteiger partial charge in [0.15, 0.2) is 11.6 Å². The molecule has 1 aliphatic carbocycles. The molecular weight excluding hydrogens is 397 g/mol. The van der Waals surface area contributed by atoms with Gasteiger partial charge < -0.3 is 20.5 Å². The summed E-state index contributed by atoms with van der Waals surface area (Å²) in [7, 11) is 1.43. The average Bonchev–Trinajstić information content (AvgIpc) is 3.60. The van der Waals surface area contributed by atoms with Gasteiger partial charge in [-0.25, -0.2) is 4.39 Å². The molecule has 1 aliphatic rings. The molecule has 2 aromatic carbocycles. The standard InChI is InChI=1S/C24H24FN3O3/c1-31-23-7-4-16(8-22(23)25)12-27-18-5-6-20(17-9-19(29)14-26-13-17)21(10-18)24(30)28-11-15-2-3-15/h4-10,13-15,27,29H,2-3,11-12H2,1H3,(H,28,30). The molecule has 1 heterocycles. The van der Waals surface area contributed by atoms with Crippen molar-refractivity contribution >= 4 is 11.6 Å². The highest BCUT2D eigenvalue weighted by molar-refractivity contribution is 6.01. The number of ether oxygens (including phenoxy) is 1. The van der Waals surface area contributed by atoms with Crippen LogP contribution in [0, 0.1) is 11.7 Å². The summed E-state index contributed by atoms with van der Waals surface area (Å²) in [5, 5.41) is 16.0. The first-order valence-electron chi connectivity index (χ1n) is 10.2. The molecule has 3 aromatic rings. The Hall–Kier alpha value is -3.61. The van der Waals surface area contributed by atoms with Crippen molar-refractivity contribution in [3.8, 4) is 22.6 Å². The number of carbonyl (C=O) groups excluding carboxylic acids is 1. The molecule has 0 bridgehead atoms. The van der Waals surface area contributed by atoms with E-state index in [0.717, 1.165) is 24.1 Å². The molecule has 6 nitrogen and oxygen atoms in total. The Labute approximate surface area is 180 Å². The van der Waals surface area contributed by atoms with E-state index < -0.39 is 5.82 Å². The van der Waals surface area contributed by atoms with E-state index >= 15 is 0 Å². The van der Waals surface area contributed by atoms with Crippen LogP contribution >= 0.6 is 0 Å². The predicted molar refractivity (Wildman–Crippen MR) is 117 cm³/mol. The van der Waals surface area contributed by atoms with E-state index in [1.807, 2.05) is 12.1 Å². The maximum Gasteiger partial charge on any atom is 0.251 e. The molecule has 7 heteroatoms. The third-order valence-electron chi connectivity index (χ3n) is 5.26. The third kappa shape index (κ3) is 5.12. The summed E-state index contributed by atoms with van der Waals surface area (Å²) in [4.78, 5) is 16.9. The van der Waals surface area contributed by atoms with Crippen molar-refractivity contribution in [3.05, 3.63) is 71.8 Å². The lowest BCUT2D eigenvalue weighted by Crippen LogP contribution is -2.26. The fourth-order valence-electron chi connectivity index (χ4n) is 3.35. The lowest BCUT2D eigenvalue weighted by atomic mass is 9.99. The van der Waals surface area contributed by atoms with Crippen molar-refractivity contribution in [1.82, 2.24) is 10.3 Å². The molecule has 3 N–H and O–H groups in total. The first kappa shape index (κ1) is 20.7. The van der Waals surface area contributed by atoms with Crippen LogP contribution in [0.2, 0.25) is 0 Å². The number of hydrogen-bond acceptors (Lipinski definition) is 5. The summed E-state index contributed by atoms with van der Waals surface area (Å²) in [5.41, 5.74) is 3.29. The molecule has 0 unspecified atom stereocenters. The highest BCUT2D eigenvalue weighted by Gasteiger charge is 2.23. The van der Waals surface area contributed by atoms with E-state index in [4.69, 9.17) is 4.74 Å². The minimum atomic E-state index is -0.423. The van der Waals surface area contributed by atoms with Crippen molar-refractivity contribution < 1.29 is 19.0 Å². The van der Waals surface area contributed by atoms with Crippen LogP contribution in [0.25, 0.3) is 11.1 Å². The number of rotatable bonds is 8. The first-order chi connectivity index (χ1) is 15.0. The Morgan fingerprint density at radius 2 is 2.03 bits per heavy atom. The minimum Gasteiger partial charge on any atom is -0.506 e. The average molecular weight is 421 g/mol. The van der Waals surface area contributed by atoms with Crippen molar-refractivity contribution in [3.63, 3.8) is 0 Å². The van der Waals surface area contributed by atoms with Gasteiger partial charge in [-0.05, 0) is 60.2 Å². The quantitative estimate of drug-likeness (QED) is 0.504. The molecule has 1 amide bonds. The topological polar surface area (TPSA) is 83.5 Å². The number of amides is 1. The second kappa shape index (κ2) is 9.04. The Balaban J connectivity index is 1.57. The van der Waals surface area contributed by atoms with Crippen LogP contribution in [-0.2, 0) is 6.54 Å². The van der Waals surface area contributed by atoms with Crippen molar-refractivity contribution in [2.24, 2.45) is 5.92 Å². The number of methoxy groups -OCH3 is 1. The summed E-state index contributed by atoms with van der Waals surface area (Å²) in [6.07, 6.45) is 5.24. The van der Waals surface area contributed by atoms with Crippen LogP contribution in [0.15, 0.2) is 54.9 Å². The molecule has 1 saturated carbocycles. The van der Waals surface area contributed by atoms with E-state index in [1.165, 1.54) is 19.4 Å². The van der Waals surface area contributed by atoms with Gasteiger partial charge in [0.05, 0.1) is 13.3 Å². The lowest BCUT2D eigenvalue weighted by Gasteiger charge is -2.14. The fourth-order valence-corrected chi connectivity index (χ4v) is 3.35. The molecule has 0 spiro atoms. The molecule has 1 aromatic heterocycles. The molecular formula is C24H24FN3O3. The maximum absolute atomic E-state index is 13.9. The van der Waals surface area contributed by atoms with Gasteiger partial charge >= 0.3 is 0 Å². The number of benzene rings is 2. The SMILES string of the molecule is COc1ccc(CNc2ccc(-c3cncc(O)c3)c(C(=O)NCC3CC3)c2)cc1F. The van der Waals surface area contributed by atoms with Crippen molar-refractivity contribution in [2.45, 2.75) is 19.4 Å². The van der Waals surface area contributed by atoms with E-state index in [2.05, 4.69) is 15.6 Å². The molecule has 4 rings (SSSR count). The van der Waals surface area contributed by atoms with Gasteiger partial charge in [-0.3, -0.25) is 9.78 Å². The third-order valence-corrected chi connectivity index (χ3v) is 5.26. The van der Waals surface area contributed by atoms with E-state index in [-0.39, 0.29) is 17.4 Å². The van der Waals surface area contributed by atoms with Gasteiger partial charge in [0.25, 0.3) is 5.91 Å². The minimum absolute atomic E-state index is 0.0329. The molecule has 0 aliphatic heterocycles. The zero-order valence-electron chi connectivity index (χ0n) is 17.2. The second-order valence-electron chi connectivity index (χ2n) is 7.67. The number of hydrogen-bond donors (Lipinski definition) is 3. The predicted octanol–water partition coefficient (Wildman–Crippen LogP) is 4.35. The number of halogens is 1. The van der Waals surface area contributed by atoms with E-state index in [1.54, 1.807) is 30.5 Å². The highest BCUT2D eigenvalue weighted by Crippen LogP contribution is 2.30. The number of nitrogens with zero attached hydrogens (tertiary/aromatic N) is 1. The normalized spacial score (nSPS) is 13.0. The van der Waals surface area contributed by atoms with Crippen LogP contribution in [0.1, 0.15) is 28.8 Å². The largest absolute Gasteiger partial charge is 0.506 e. The lowest BCUT2D eigenvalue weighted by molar-refractivity contribution is 0.0952. The number of carbonyl (C=O) groups is 1. The fraction of sp³-hybridized carbons (Fsp3) is 0.250. The Morgan fingerprint density at radius 1 is 1.19 bits per heavy atom. The summed E-state index contributed by atoms with van der Waals surface area (Å²) >= 11 is 0. The van der Waals surface area contributed by atoms with E-state index in [9.17, 15) is 14.3 Å². The van der Waals surface area contributed by atoms with Crippen LogP contribution < -0.4 is 15.4 Å². The number of anilines is 1. The summed E-state index contributed by atoms with van der Waals surface area (Å²) in [5.74, 6) is 0.187. The number of aromatic hydroxyl groups is 1. The zero-order valence-corrected chi connectivity index (χ0v) is 17.2. The van der Waals surface area contributed by atoms with Crippen molar-refractivity contribution in [1.29, 1.82) is 0 Å². The van der Waals surface area contributed by atoms with Gasteiger partial charge in [-0.15, -0.1) is 0 Å². The maximum atomic E-state index is 13.9. The van der Waals surface area contributed by atoms with Gasteiger partial charge in [0.2, 0.25) is 0 Å². The molecule has 160 valence electrons. The Bertz CT molecular complexity index is 1100. The Kier molecular flexibility index (Phi) is 6.02. The summed E-state index contributed by atoms with van der Waals surface area (Å²) in [6, 6.07) is 11.8. The van der Waals surface area contributed by atoms with Gasteiger partial charge in [-0.1, -0.05) is 12.1 Å². The van der Waals surface area contributed by atoms with Crippen LogP contribution in [0.3, 0.4) is 0 Å². The number of nitrogens with one attached hydrogen (secondary N) is 2. The highest BCUT2D eigenvalue weighted by atomic mass is 19.1. The monoisotopic (exact) mass is 421 g/mol. The molecule has 1 fully saturated rings.